The fraction of sp³-hybridized carbons (Fsp3) is 0.250. The van der Waals surface area contributed by atoms with E-state index >= 15 is 0 Å². The molecule has 0 bridgehead atoms. The highest BCUT2D eigenvalue weighted by atomic mass is 32.1. The second-order valence-electron chi connectivity index (χ2n) is 5.16. The predicted octanol–water partition coefficient (Wildman–Crippen LogP) is 3.14. The Morgan fingerprint density at radius 2 is 2.04 bits per heavy atom. The molecular formula is C16H16N4O3S. The number of para-hydroxylation sites is 1. The molecule has 0 saturated heterocycles. The van der Waals surface area contributed by atoms with Gasteiger partial charge >= 0.3 is 6.01 Å². The Kier molecular flexibility index (Phi) is 4.57. The van der Waals surface area contributed by atoms with E-state index in [1.807, 2.05) is 45.0 Å². The van der Waals surface area contributed by atoms with Crippen LogP contribution in [0.15, 0.2) is 28.7 Å². The lowest BCUT2D eigenvalue weighted by atomic mass is 10.2. The van der Waals surface area contributed by atoms with Gasteiger partial charge in [0.05, 0.1) is 10.7 Å². The van der Waals surface area contributed by atoms with E-state index in [0.29, 0.717) is 11.6 Å². The fourth-order valence-electron chi connectivity index (χ4n) is 2.11. The molecule has 0 aliphatic carbocycles. The number of amides is 1. The Labute approximate surface area is 142 Å². The van der Waals surface area contributed by atoms with Gasteiger partial charge in [-0.3, -0.25) is 10.1 Å². The van der Waals surface area contributed by atoms with Gasteiger partial charge in [-0.25, -0.2) is 4.98 Å². The smallest absolute Gasteiger partial charge is 0.322 e. The molecule has 1 N–H and O–H groups in total. The fourth-order valence-corrected chi connectivity index (χ4v) is 2.95. The first kappa shape index (κ1) is 16.1. The van der Waals surface area contributed by atoms with Gasteiger partial charge in [0.1, 0.15) is 10.6 Å². The number of carbonyl (C=O) groups excluding carboxylic acids is 1. The summed E-state index contributed by atoms with van der Waals surface area (Å²) in [5.41, 5.74) is 1.78. The Morgan fingerprint density at radius 1 is 1.25 bits per heavy atom. The molecule has 3 aromatic rings. The molecule has 8 heteroatoms. The SMILES string of the molecule is Cc1nc(C)c(-c2nnc(NC(=O)COc3ccccc3C)o2)s1. The number of anilines is 1. The molecule has 0 spiro atoms. The van der Waals surface area contributed by atoms with Crippen molar-refractivity contribution in [2.75, 3.05) is 11.9 Å². The van der Waals surface area contributed by atoms with Gasteiger partial charge in [0, 0.05) is 0 Å². The van der Waals surface area contributed by atoms with E-state index < -0.39 is 0 Å². The maximum Gasteiger partial charge on any atom is 0.322 e. The summed E-state index contributed by atoms with van der Waals surface area (Å²) in [5, 5.41) is 11.2. The van der Waals surface area contributed by atoms with E-state index in [-0.39, 0.29) is 18.5 Å². The van der Waals surface area contributed by atoms with Crippen LogP contribution in [0.4, 0.5) is 6.01 Å². The lowest BCUT2D eigenvalue weighted by Crippen LogP contribution is -2.20. The number of nitrogens with one attached hydrogen (secondary N) is 1. The zero-order chi connectivity index (χ0) is 17.1. The van der Waals surface area contributed by atoms with Crippen LogP contribution < -0.4 is 10.1 Å². The van der Waals surface area contributed by atoms with Gasteiger partial charge in [0.15, 0.2) is 6.61 Å². The van der Waals surface area contributed by atoms with Crippen molar-refractivity contribution in [1.82, 2.24) is 15.2 Å². The number of hydrogen-bond donors (Lipinski definition) is 1. The minimum Gasteiger partial charge on any atom is -0.483 e. The summed E-state index contributed by atoms with van der Waals surface area (Å²) >= 11 is 1.46. The number of aromatic nitrogens is 3. The summed E-state index contributed by atoms with van der Waals surface area (Å²) in [4.78, 5) is 17.1. The number of benzene rings is 1. The lowest BCUT2D eigenvalue weighted by molar-refractivity contribution is -0.118. The summed E-state index contributed by atoms with van der Waals surface area (Å²) in [6, 6.07) is 7.52. The van der Waals surface area contributed by atoms with Crippen LogP contribution in [0, 0.1) is 20.8 Å². The van der Waals surface area contributed by atoms with Crippen molar-refractivity contribution in [3.05, 3.63) is 40.5 Å². The first-order chi connectivity index (χ1) is 11.5. The van der Waals surface area contributed by atoms with Crippen LogP contribution in [0.5, 0.6) is 5.75 Å². The molecular weight excluding hydrogens is 328 g/mol. The largest absolute Gasteiger partial charge is 0.483 e. The van der Waals surface area contributed by atoms with Gasteiger partial charge in [-0.1, -0.05) is 23.3 Å². The second kappa shape index (κ2) is 6.79. The van der Waals surface area contributed by atoms with Crippen molar-refractivity contribution in [3.8, 4) is 16.5 Å². The Morgan fingerprint density at radius 3 is 2.75 bits per heavy atom. The molecule has 0 radical (unpaired) electrons. The molecule has 0 unspecified atom stereocenters. The zero-order valence-electron chi connectivity index (χ0n) is 13.5. The van der Waals surface area contributed by atoms with Crippen molar-refractivity contribution < 1.29 is 13.9 Å². The number of nitrogens with zero attached hydrogens (tertiary/aromatic N) is 3. The zero-order valence-corrected chi connectivity index (χ0v) is 14.3. The number of rotatable bonds is 5. The quantitative estimate of drug-likeness (QED) is 0.765. The van der Waals surface area contributed by atoms with Crippen molar-refractivity contribution in [2.24, 2.45) is 0 Å². The minimum atomic E-state index is -0.370. The van der Waals surface area contributed by atoms with Crippen molar-refractivity contribution >= 4 is 23.3 Å². The van der Waals surface area contributed by atoms with Gasteiger partial charge < -0.3 is 9.15 Å². The van der Waals surface area contributed by atoms with Crippen LogP contribution >= 0.6 is 11.3 Å². The highest BCUT2D eigenvalue weighted by molar-refractivity contribution is 7.15. The van der Waals surface area contributed by atoms with E-state index in [2.05, 4.69) is 20.5 Å². The maximum atomic E-state index is 11.9. The first-order valence-electron chi connectivity index (χ1n) is 7.29. The second-order valence-corrected chi connectivity index (χ2v) is 6.37. The van der Waals surface area contributed by atoms with Crippen LogP contribution in [0.2, 0.25) is 0 Å². The van der Waals surface area contributed by atoms with Crippen LogP contribution in [0.1, 0.15) is 16.3 Å². The molecule has 7 nitrogen and oxygen atoms in total. The summed E-state index contributed by atoms with van der Waals surface area (Å²) < 4.78 is 10.9. The Balaban J connectivity index is 1.61. The molecule has 0 atom stereocenters. The van der Waals surface area contributed by atoms with Crippen molar-refractivity contribution in [1.29, 1.82) is 0 Å². The number of ether oxygens (including phenoxy) is 1. The van der Waals surface area contributed by atoms with Gasteiger partial charge in [-0.05, 0) is 32.4 Å². The van der Waals surface area contributed by atoms with E-state index in [0.717, 1.165) is 21.1 Å². The summed E-state index contributed by atoms with van der Waals surface area (Å²) in [7, 11) is 0. The molecule has 0 aliphatic heterocycles. The molecule has 0 fully saturated rings. The molecule has 0 aliphatic rings. The van der Waals surface area contributed by atoms with Gasteiger partial charge in [-0.15, -0.1) is 16.4 Å². The lowest BCUT2D eigenvalue weighted by Gasteiger charge is -2.07. The molecule has 2 aromatic heterocycles. The van der Waals surface area contributed by atoms with Gasteiger partial charge in [0.25, 0.3) is 11.8 Å². The summed E-state index contributed by atoms with van der Waals surface area (Å²) in [6.45, 7) is 5.55. The Hall–Kier alpha value is -2.74. The van der Waals surface area contributed by atoms with Crippen LogP contribution in [-0.4, -0.2) is 27.7 Å². The molecule has 124 valence electrons. The van der Waals surface area contributed by atoms with Crippen LogP contribution in [0.3, 0.4) is 0 Å². The minimum absolute atomic E-state index is 0.0360. The average molecular weight is 344 g/mol. The highest BCUT2D eigenvalue weighted by Gasteiger charge is 2.16. The standard InChI is InChI=1S/C16H16N4O3S/c1-9-6-4-5-7-12(9)22-8-13(21)18-16-20-19-15(23-16)14-10(2)17-11(3)24-14/h4-7H,8H2,1-3H3,(H,18,20,21). The van der Waals surface area contributed by atoms with Crippen LogP contribution in [-0.2, 0) is 4.79 Å². The van der Waals surface area contributed by atoms with Crippen molar-refractivity contribution in [3.63, 3.8) is 0 Å². The normalized spacial score (nSPS) is 10.6. The van der Waals surface area contributed by atoms with Gasteiger partial charge in [0.2, 0.25) is 0 Å². The van der Waals surface area contributed by atoms with Gasteiger partial charge in [-0.2, -0.15) is 0 Å². The van der Waals surface area contributed by atoms with E-state index in [9.17, 15) is 4.79 Å². The average Bonchev–Trinajstić information content (AvgIpc) is 3.12. The molecule has 1 aromatic carbocycles. The third kappa shape index (κ3) is 3.60. The topological polar surface area (TPSA) is 90.1 Å². The molecule has 1 amide bonds. The molecule has 3 rings (SSSR count). The predicted molar refractivity (Wildman–Crippen MR) is 90.2 cm³/mol. The van der Waals surface area contributed by atoms with E-state index in [1.54, 1.807) is 0 Å². The monoisotopic (exact) mass is 344 g/mol. The number of aryl methyl sites for hydroxylation is 3. The highest BCUT2D eigenvalue weighted by Crippen LogP contribution is 2.29. The maximum absolute atomic E-state index is 11.9. The molecule has 0 saturated carbocycles. The summed E-state index contributed by atoms with van der Waals surface area (Å²) in [5.74, 6) is 0.633. The third-order valence-corrected chi connectivity index (χ3v) is 4.28. The number of thiazole rings is 1. The van der Waals surface area contributed by atoms with E-state index in [4.69, 9.17) is 9.15 Å². The molecule has 2 heterocycles. The first-order valence-corrected chi connectivity index (χ1v) is 8.11. The Bertz CT molecular complexity index is 872. The number of carbonyl (C=O) groups is 1. The number of hydrogen-bond acceptors (Lipinski definition) is 7. The van der Waals surface area contributed by atoms with Crippen LogP contribution in [0.25, 0.3) is 10.8 Å². The van der Waals surface area contributed by atoms with E-state index in [1.165, 1.54) is 11.3 Å². The van der Waals surface area contributed by atoms with Crippen molar-refractivity contribution in [2.45, 2.75) is 20.8 Å². The summed E-state index contributed by atoms with van der Waals surface area (Å²) in [6.07, 6.45) is 0. The molecule has 24 heavy (non-hydrogen) atoms. The third-order valence-electron chi connectivity index (χ3n) is 3.22.